The Labute approximate surface area is 147 Å². The predicted octanol–water partition coefficient (Wildman–Crippen LogP) is 2.98. The Morgan fingerprint density at radius 1 is 1.43 bits per heavy atom. The molecule has 0 aliphatic carbocycles. The molecule has 3 aromatic rings. The van der Waals surface area contributed by atoms with Crippen LogP contribution in [0.4, 0.5) is 0 Å². The molecular weight excluding hydrogens is 357 g/mol. The Bertz CT molecular complexity index is 867. The monoisotopic (exact) mass is 369 g/mol. The summed E-state index contributed by atoms with van der Waals surface area (Å²) < 4.78 is 0. The van der Waals surface area contributed by atoms with E-state index in [0.29, 0.717) is 27.9 Å². The van der Waals surface area contributed by atoms with Crippen LogP contribution >= 0.6 is 35.8 Å². The highest BCUT2D eigenvalue weighted by Crippen LogP contribution is 2.26. The van der Waals surface area contributed by atoms with Gasteiger partial charge in [-0.2, -0.15) is 0 Å². The molecule has 0 saturated carbocycles. The number of carbonyl (C=O) groups excluding carboxylic acids is 1. The van der Waals surface area contributed by atoms with Crippen LogP contribution in [0.25, 0.3) is 22.1 Å². The third-order valence-electron chi connectivity index (χ3n) is 2.93. The molecular formula is C14H13Cl2N5OS. The van der Waals surface area contributed by atoms with E-state index in [2.05, 4.69) is 32.1 Å². The summed E-state index contributed by atoms with van der Waals surface area (Å²) in [4.78, 5) is 19.1. The summed E-state index contributed by atoms with van der Waals surface area (Å²) in [6, 6.07) is 5.49. The summed E-state index contributed by atoms with van der Waals surface area (Å²) in [7, 11) is 0. The molecule has 120 valence electrons. The highest BCUT2D eigenvalue weighted by atomic mass is 35.5. The van der Waals surface area contributed by atoms with E-state index in [1.54, 1.807) is 12.1 Å². The van der Waals surface area contributed by atoms with E-state index in [0.717, 1.165) is 10.9 Å². The zero-order chi connectivity index (χ0) is 15.5. The second-order valence-electron chi connectivity index (χ2n) is 4.49. The molecule has 9 heteroatoms. The first kappa shape index (κ1) is 17.5. The lowest BCUT2D eigenvalue weighted by molar-refractivity contribution is -0.118. The second kappa shape index (κ2) is 7.63. The van der Waals surface area contributed by atoms with E-state index in [9.17, 15) is 4.79 Å². The number of nitrogens with zero attached hydrogens (tertiary/aromatic N) is 3. The van der Waals surface area contributed by atoms with Crippen LogP contribution in [0.2, 0.25) is 5.02 Å². The topological polar surface area (TPSA) is 83.6 Å². The van der Waals surface area contributed by atoms with Gasteiger partial charge in [0.1, 0.15) is 5.52 Å². The number of amides is 1. The molecule has 2 heterocycles. The van der Waals surface area contributed by atoms with Crippen molar-refractivity contribution in [3.63, 3.8) is 0 Å². The third-order valence-corrected chi connectivity index (χ3v) is 4.01. The molecule has 0 atom stereocenters. The number of thioether (sulfide) groups is 1. The molecule has 0 bridgehead atoms. The minimum atomic E-state index is -0.1000. The van der Waals surface area contributed by atoms with Crippen molar-refractivity contribution in [3.8, 4) is 0 Å². The number of hydrogen-bond donors (Lipinski definition) is 2. The smallest absolute Gasteiger partial charge is 0.230 e. The molecule has 1 amide bonds. The quantitative estimate of drug-likeness (QED) is 0.533. The fourth-order valence-corrected chi connectivity index (χ4v) is 2.75. The minimum absolute atomic E-state index is 0. The van der Waals surface area contributed by atoms with Crippen molar-refractivity contribution in [3.05, 3.63) is 35.9 Å². The number of nitrogens with one attached hydrogen (secondary N) is 2. The number of rotatable bonds is 5. The van der Waals surface area contributed by atoms with Crippen molar-refractivity contribution in [2.45, 2.75) is 5.16 Å². The van der Waals surface area contributed by atoms with Crippen molar-refractivity contribution in [2.24, 2.45) is 0 Å². The lowest BCUT2D eigenvalue weighted by Crippen LogP contribution is -2.25. The first-order chi connectivity index (χ1) is 10.7. The molecule has 2 aromatic heterocycles. The molecule has 1 aromatic carbocycles. The number of carbonyl (C=O) groups is 1. The number of halogens is 2. The van der Waals surface area contributed by atoms with Crippen LogP contribution in [0, 0.1) is 0 Å². The van der Waals surface area contributed by atoms with E-state index in [4.69, 9.17) is 11.6 Å². The van der Waals surface area contributed by atoms with E-state index in [1.807, 2.05) is 12.1 Å². The number of H-pyrrole nitrogens is 1. The summed E-state index contributed by atoms with van der Waals surface area (Å²) in [6.07, 6.45) is 1.63. The zero-order valence-corrected chi connectivity index (χ0v) is 14.3. The van der Waals surface area contributed by atoms with Gasteiger partial charge in [0, 0.05) is 22.5 Å². The van der Waals surface area contributed by atoms with E-state index in [-0.39, 0.29) is 24.1 Å². The highest BCUT2D eigenvalue weighted by Gasteiger charge is 2.11. The molecule has 3 rings (SSSR count). The van der Waals surface area contributed by atoms with E-state index < -0.39 is 0 Å². The molecule has 0 saturated heterocycles. The molecule has 0 fully saturated rings. The first-order valence-electron chi connectivity index (χ1n) is 6.49. The van der Waals surface area contributed by atoms with Crippen LogP contribution in [0.1, 0.15) is 0 Å². The molecule has 0 aliphatic rings. The van der Waals surface area contributed by atoms with Crippen LogP contribution in [0.15, 0.2) is 36.0 Å². The molecule has 0 aliphatic heterocycles. The molecule has 0 spiro atoms. The zero-order valence-electron chi connectivity index (χ0n) is 11.9. The van der Waals surface area contributed by atoms with Gasteiger partial charge in [0.2, 0.25) is 11.1 Å². The Balaban J connectivity index is 0.00000192. The molecule has 23 heavy (non-hydrogen) atoms. The lowest BCUT2D eigenvalue weighted by Gasteiger charge is -2.00. The van der Waals surface area contributed by atoms with E-state index in [1.165, 1.54) is 11.8 Å². The van der Waals surface area contributed by atoms with Gasteiger partial charge < -0.3 is 10.3 Å². The van der Waals surface area contributed by atoms with Crippen molar-refractivity contribution in [1.29, 1.82) is 0 Å². The average Bonchev–Trinajstić information content (AvgIpc) is 2.88. The van der Waals surface area contributed by atoms with Crippen LogP contribution in [-0.4, -0.2) is 38.4 Å². The minimum Gasteiger partial charge on any atom is -0.352 e. The maximum atomic E-state index is 11.5. The fourth-order valence-electron chi connectivity index (χ4n) is 1.96. The third kappa shape index (κ3) is 3.93. The molecule has 0 radical (unpaired) electrons. The SMILES string of the molecule is C=CCNC(=O)CSc1nnc2c(n1)[nH]c1ccc(Cl)cc12.Cl. The Hall–Kier alpha value is -1.83. The van der Waals surface area contributed by atoms with Gasteiger partial charge in [-0.3, -0.25) is 4.79 Å². The number of benzene rings is 1. The second-order valence-corrected chi connectivity index (χ2v) is 5.87. The van der Waals surface area contributed by atoms with Gasteiger partial charge in [-0.15, -0.1) is 29.2 Å². The number of hydrogen-bond acceptors (Lipinski definition) is 5. The fraction of sp³-hybridized carbons (Fsp3) is 0.143. The van der Waals surface area contributed by atoms with Crippen molar-refractivity contribution < 1.29 is 4.79 Å². The predicted molar refractivity (Wildman–Crippen MR) is 95.4 cm³/mol. The van der Waals surface area contributed by atoms with Gasteiger partial charge in [0.15, 0.2) is 5.65 Å². The Morgan fingerprint density at radius 2 is 2.26 bits per heavy atom. The van der Waals surface area contributed by atoms with Crippen LogP contribution < -0.4 is 5.32 Å². The molecule has 0 unspecified atom stereocenters. The standard InChI is InChI=1S/C14H12ClN5OS.ClH/c1-2-5-16-11(21)7-22-14-18-13-12(19-20-14)9-6-8(15)3-4-10(9)17-13;/h2-4,6H,1,5,7H2,(H,16,21)(H,17,18,20);1H. The van der Waals surface area contributed by atoms with Gasteiger partial charge in [0.25, 0.3) is 0 Å². The van der Waals surface area contributed by atoms with Gasteiger partial charge in [-0.1, -0.05) is 29.4 Å². The maximum Gasteiger partial charge on any atom is 0.230 e. The number of aromatic nitrogens is 4. The van der Waals surface area contributed by atoms with Crippen LogP contribution in [0.5, 0.6) is 0 Å². The summed E-state index contributed by atoms with van der Waals surface area (Å²) in [6.45, 7) is 3.99. The molecule has 2 N–H and O–H groups in total. The van der Waals surface area contributed by atoms with Crippen molar-refractivity contribution in [1.82, 2.24) is 25.5 Å². The maximum absolute atomic E-state index is 11.5. The first-order valence-corrected chi connectivity index (χ1v) is 7.86. The van der Waals surface area contributed by atoms with Gasteiger partial charge in [0.05, 0.1) is 5.75 Å². The highest BCUT2D eigenvalue weighted by molar-refractivity contribution is 7.99. The summed E-state index contributed by atoms with van der Waals surface area (Å²) in [5, 5.41) is 12.9. The normalized spacial score (nSPS) is 10.5. The lowest BCUT2D eigenvalue weighted by atomic mass is 10.2. The van der Waals surface area contributed by atoms with Gasteiger partial charge in [-0.05, 0) is 18.2 Å². The van der Waals surface area contributed by atoms with Gasteiger partial charge >= 0.3 is 0 Å². The largest absolute Gasteiger partial charge is 0.352 e. The average molecular weight is 370 g/mol. The van der Waals surface area contributed by atoms with E-state index >= 15 is 0 Å². The van der Waals surface area contributed by atoms with Crippen molar-refractivity contribution >= 4 is 63.7 Å². The Kier molecular flexibility index (Phi) is 5.81. The number of fused-ring (bicyclic) bond motifs is 3. The number of aromatic amines is 1. The summed E-state index contributed by atoms with van der Waals surface area (Å²) >= 11 is 7.23. The van der Waals surface area contributed by atoms with Crippen LogP contribution in [0.3, 0.4) is 0 Å². The summed E-state index contributed by atoms with van der Waals surface area (Å²) in [5.74, 6) is 0.129. The van der Waals surface area contributed by atoms with Crippen LogP contribution in [-0.2, 0) is 4.79 Å². The van der Waals surface area contributed by atoms with Gasteiger partial charge in [-0.25, -0.2) is 4.98 Å². The van der Waals surface area contributed by atoms with Crippen molar-refractivity contribution in [2.75, 3.05) is 12.3 Å². The Morgan fingerprint density at radius 3 is 3.04 bits per heavy atom. The molecule has 6 nitrogen and oxygen atoms in total. The summed E-state index contributed by atoms with van der Waals surface area (Å²) in [5.41, 5.74) is 2.19.